The minimum Gasteiger partial charge on any atom is -0.508 e. The molecule has 15 heteroatoms. The Morgan fingerprint density at radius 1 is 0.655 bits per heavy atom. The highest BCUT2D eigenvalue weighted by atomic mass is 127. The molecule has 0 aliphatic heterocycles. The van der Waals surface area contributed by atoms with Crippen molar-refractivity contribution >= 4 is 78.7 Å². The van der Waals surface area contributed by atoms with Crippen molar-refractivity contribution in [2.75, 3.05) is 35.4 Å². The van der Waals surface area contributed by atoms with Crippen molar-refractivity contribution in [1.29, 1.82) is 0 Å². The molecular formula is C40H37I2NO12. The number of Topliss-reactive ketones (excluding diaryl/α,β-unsaturated/α-hetero) is 1. The highest BCUT2D eigenvalue weighted by Gasteiger charge is 2.10. The zero-order chi connectivity index (χ0) is 40.8. The Morgan fingerprint density at radius 3 is 1.55 bits per heavy atom. The van der Waals surface area contributed by atoms with E-state index < -0.39 is 0 Å². The fourth-order valence-electron chi connectivity index (χ4n) is 4.40. The molecule has 3 N–H and O–H groups in total. The number of phenolic OH excluding ortho intramolecular Hbond substituents is 3. The van der Waals surface area contributed by atoms with Crippen LogP contribution in [0.2, 0.25) is 0 Å². The van der Waals surface area contributed by atoms with Crippen LogP contribution in [0.4, 0.5) is 0 Å². The fourth-order valence-corrected chi connectivity index (χ4v) is 5.23. The van der Waals surface area contributed by atoms with Crippen LogP contribution in [0.25, 0.3) is 21.9 Å². The minimum atomic E-state index is -0.242. The van der Waals surface area contributed by atoms with E-state index in [1.807, 2.05) is 59.3 Å². The first kappa shape index (κ1) is 43.8. The molecule has 0 amide bonds. The van der Waals surface area contributed by atoms with Gasteiger partial charge in [-0.25, -0.2) is 0 Å². The van der Waals surface area contributed by atoms with E-state index in [9.17, 15) is 29.4 Å². The fraction of sp³-hybridized carbons (Fsp3) is 0.150. The summed E-state index contributed by atoms with van der Waals surface area (Å²) >= 11 is 3.87. The molecule has 4 aromatic carbocycles. The molecule has 55 heavy (non-hydrogen) atoms. The molecule has 0 bridgehead atoms. The van der Waals surface area contributed by atoms with Gasteiger partial charge in [0.15, 0.2) is 11.6 Å². The van der Waals surface area contributed by atoms with Gasteiger partial charge in [-0.2, -0.15) is 0 Å². The molecule has 288 valence electrons. The number of methoxy groups -OCH3 is 3. The summed E-state index contributed by atoms with van der Waals surface area (Å²) in [6.45, 7) is 1.40. The van der Waals surface area contributed by atoms with E-state index in [4.69, 9.17) is 28.2 Å². The Bertz CT molecular complexity index is 2440. The number of aromatic hydroxyl groups is 3. The number of hydrogen-bond donors (Lipinski definition) is 3. The number of benzene rings is 4. The number of carbonyl (C=O) groups excluding carboxylic acids is 2. The molecule has 0 fully saturated rings. The lowest BCUT2D eigenvalue weighted by Gasteiger charge is -2.05. The van der Waals surface area contributed by atoms with Gasteiger partial charge in [0.1, 0.15) is 58.2 Å². The number of carbonyl (C=O) groups is 2. The van der Waals surface area contributed by atoms with E-state index in [-0.39, 0.29) is 45.2 Å². The molecule has 0 unspecified atom stereocenters. The first-order valence-corrected chi connectivity index (χ1v) is 18.0. The van der Waals surface area contributed by atoms with Crippen LogP contribution < -0.4 is 25.1 Å². The van der Waals surface area contributed by atoms with Crippen LogP contribution in [-0.2, 0) is 0 Å². The van der Waals surface area contributed by atoms with Gasteiger partial charge in [-0.1, -0.05) is 0 Å². The van der Waals surface area contributed by atoms with Gasteiger partial charge in [-0.05, 0) is 101 Å². The molecule has 6 rings (SSSR count). The second-order valence-electron chi connectivity index (χ2n) is 11.3. The molecule has 0 saturated carbocycles. The maximum absolute atomic E-state index is 11.7. The van der Waals surface area contributed by atoms with E-state index in [0.717, 1.165) is 0 Å². The highest BCUT2D eigenvalue weighted by Crippen LogP contribution is 2.25. The summed E-state index contributed by atoms with van der Waals surface area (Å²) in [7, 11) is 8.21. The number of hydrogen-bond acceptors (Lipinski definition) is 13. The number of ether oxygens (including phenoxy) is 3. The quantitative estimate of drug-likeness (QED) is 0.0801. The Labute approximate surface area is 342 Å². The largest absolute Gasteiger partial charge is 0.508 e. The van der Waals surface area contributed by atoms with E-state index in [1.54, 1.807) is 54.6 Å². The first-order valence-electron chi connectivity index (χ1n) is 15.9. The van der Waals surface area contributed by atoms with Crippen molar-refractivity contribution in [3.63, 3.8) is 0 Å². The summed E-state index contributed by atoms with van der Waals surface area (Å²) in [5, 5.41) is 29.1. The average molecular weight is 978 g/mol. The van der Waals surface area contributed by atoms with Crippen LogP contribution in [0.15, 0.2) is 116 Å². The Kier molecular flexibility index (Phi) is 16.6. The predicted octanol–water partition coefficient (Wildman–Crippen LogP) is 7.77. The maximum Gasteiger partial charge on any atom is 0.205 e. The van der Waals surface area contributed by atoms with E-state index >= 15 is 0 Å². The molecule has 0 aliphatic rings. The monoisotopic (exact) mass is 977 g/mol. The molecule has 6 aromatic rings. The summed E-state index contributed by atoms with van der Waals surface area (Å²) < 4.78 is 26.4. The van der Waals surface area contributed by atoms with Crippen molar-refractivity contribution in [1.82, 2.24) is 4.90 Å². The lowest BCUT2D eigenvalue weighted by Crippen LogP contribution is -2.04. The minimum absolute atomic E-state index is 0.00509. The third kappa shape index (κ3) is 12.5. The summed E-state index contributed by atoms with van der Waals surface area (Å²) in [6, 6.07) is 18.8. The second kappa shape index (κ2) is 20.8. The zero-order valence-corrected chi connectivity index (χ0v) is 34.8. The van der Waals surface area contributed by atoms with E-state index in [1.165, 1.54) is 76.1 Å². The Balaban J connectivity index is 0.000000198. The predicted molar refractivity (Wildman–Crippen MR) is 225 cm³/mol. The van der Waals surface area contributed by atoms with Crippen LogP contribution in [0.5, 0.6) is 34.5 Å². The number of ketones is 2. The van der Waals surface area contributed by atoms with Crippen LogP contribution in [0.3, 0.4) is 0 Å². The Morgan fingerprint density at radius 2 is 1.09 bits per heavy atom. The zero-order valence-electron chi connectivity index (χ0n) is 30.5. The van der Waals surface area contributed by atoms with Crippen molar-refractivity contribution in [3.8, 4) is 34.5 Å². The lowest BCUT2D eigenvalue weighted by atomic mass is 10.1. The van der Waals surface area contributed by atoms with Crippen molar-refractivity contribution in [2.24, 2.45) is 0 Å². The smallest absolute Gasteiger partial charge is 0.205 e. The SMILES string of the molecule is COc1ccc(C(=O)/C=C/N(C)C)c(O)c1.COc1ccc(C(C)=O)c(O)c1.COc1ccc2c(=O)c(I)coc2c1.O=c1c(I)coc2cc(O)ccc12. The van der Waals surface area contributed by atoms with Gasteiger partial charge >= 0.3 is 0 Å². The number of fused-ring (bicyclic) bond motifs is 2. The van der Waals surface area contributed by atoms with Crippen LogP contribution in [0, 0.1) is 7.14 Å². The molecular weight excluding hydrogens is 940 g/mol. The number of nitrogens with zero attached hydrogens (tertiary/aromatic N) is 1. The van der Waals surface area contributed by atoms with Gasteiger partial charge in [0.2, 0.25) is 10.9 Å². The van der Waals surface area contributed by atoms with E-state index in [2.05, 4.69) is 0 Å². The number of allylic oxidation sites excluding steroid dienone is 1. The summed E-state index contributed by atoms with van der Waals surface area (Å²) in [6.07, 6.45) is 5.86. The lowest BCUT2D eigenvalue weighted by molar-refractivity contribution is 0.101. The molecule has 0 saturated heterocycles. The third-order valence-corrected chi connectivity index (χ3v) is 8.72. The molecule has 2 heterocycles. The van der Waals surface area contributed by atoms with Crippen molar-refractivity contribution < 1.29 is 48.0 Å². The average Bonchev–Trinajstić information content (AvgIpc) is 3.17. The molecule has 13 nitrogen and oxygen atoms in total. The van der Waals surface area contributed by atoms with E-state index in [0.29, 0.717) is 51.9 Å². The van der Waals surface area contributed by atoms with Gasteiger partial charge < -0.3 is 43.3 Å². The molecule has 0 spiro atoms. The molecule has 2 aromatic heterocycles. The standard InChI is InChI=1S/C12H15NO3.C10H7IO3.C9H5IO3.C9H10O3/c1-13(2)7-6-11(14)10-5-4-9(16-3)8-12(10)15;1-13-6-2-3-7-9(4-6)14-5-8(11)10(7)12;10-7-4-13-8-3-5(11)1-2-6(8)9(7)12;1-6(10)8-4-3-7(12-2)5-9(8)11/h4-8,15H,1-3H3;2-5H,1H3;1-4,11H;3-5,11H,1-2H3/b7-6+;;;. The molecule has 0 aliphatic carbocycles. The van der Waals surface area contributed by atoms with Gasteiger partial charge in [-0.15, -0.1) is 0 Å². The molecule has 0 radical (unpaired) electrons. The second-order valence-corrected chi connectivity index (χ2v) is 13.7. The Hall–Kier alpha value is -5.56. The summed E-state index contributed by atoms with van der Waals surface area (Å²) in [4.78, 5) is 47.4. The first-order chi connectivity index (χ1) is 26.1. The highest BCUT2D eigenvalue weighted by molar-refractivity contribution is 14.1. The van der Waals surface area contributed by atoms with Crippen LogP contribution in [0.1, 0.15) is 27.6 Å². The van der Waals surface area contributed by atoms with Crippen LogP contribution in [-0.4, -0.2) is 67.2 Å². The normalized spacial score (nSPS) is 10.3. The van der Waals surface area contributed by atoms with Crippen molar-refractivity contribution in [2.45, 2.75) is 6.92 Å². The van der Waals surface area contributed by atoms with Crippen molar-refractivity contribution in [3.05, 3.63) is 136 Å². The third-order valence-electron chi connectivity index (χ3n) is 7.23. The topological polar surface area (TPSA) is 186 Å². The van der Waals surface area contributed by atoms with Crippen LogP contribution >= 0.6 is 45.2 Å². The van der Waals surface area contributed by atoms with Gasteiger partial charge in [0.05, 0.1) is 50.4 Å². The number of rotatable bonds is 7. The maximum atomic E-state index is 11.7. The molecule has 0 atom stereocenters. The van der Waals surface area contributed by atoms with Gasteiger partial charge in [0.25, 0.3) is 0 Å². The van der Waals surface area contributed by atoms with Gasteiger partial charge in [0, 0.05) is 50.6 Å². The summed E-state index contributed by atoms with van der Waals surface area (Å²) in [5.74, 6) is 1.32. The number of halogens is 2. The summed E-state index contributed by atoms with van der Waals surface area (Å²) in [5.41, 5.74) is 1.46. The van der Waals surface area contributed by atoms with Gasteiger partial charge in [-0.3, -0.25) is 19.2 Å². The number of phenols is 3.